The smallest absolute Gasteiger partial charge is 0.246 e. The average Bonchev–Trinajstić information content (AvgIpc) is 3.23. The first-order valence-electron chi connectivity index (χ1n) is 9.59. The van der Waals surface area contributed by atoms with Gasteiger partial charge in [-0.25, -0.2) is 19.9 Å². The molecule has 2 aromatic carbocycles. The summed E-state index contributed by atoms with van der Waals surface area (Å²) >= 11 is 0. The molecule has 0 aliphatic rings. The molecule has 0 saturated carbocycles. The molecule has 31 heavy (non-hydrogen) atoms. The van der Waals surface area contributed by atoms with Crippen molar-refractivity contribution in [1.82, 2.24) is 24.9 Å². The van der Waals surface area contributed by atoms with Crippen LogP contribution in [0, 0.1) is 6.42 Å². The molecule has 0 atom stereocenters. The number of ether oxygens (including phenoxy) is 2. The molecule has 0 saturated heterocycles. The van der Waals surface area contributed by atoms with Crippen LogP contribution in [0.4, 0.5) is 0 Å². The Labute approximate surface area is 178 Å². The first-order chi connectivity index (χ1) is 15.3. The molecule has 7 nitrogen and oxygen atoms in total. The Balaban J connectivity index is 1.34. The highest BCUT2D eigenvalue weighted by Crippen LogP contribution is 2.30. The molecule has 0 bridgehead atoms. The molecule has 1 N–H and O–H groups in total. The number of rotatable bonds is 6. The summed E-state index contributed by atoms with van der Waals surface area (Å²) in [5, 5.41) is 0. The zero-order valence-corrected chi connectivity index (χ0v) is 16.6. The van der Waals surface area contributed by atoms with E-state index in [9.17, 15) is 0 Å². The maximum absolute atomic E-state index is 5.99. The van der Waals surface area contributed by atoms with Crippen LogP contribution in [0.15, 0.2) is 79.3 Å². The maximum atomic E-state index is 5.99. The number of aromatic amines is 1. The van der Waals surface area contributed by atoms with Gasteiger partial charge in [0.15, 0.2) is 0 Å². The summed E-state index contributed by atoms with van der Waals surface area (Å²) in [6.45, 7) is 0. The van der Waals surface area contributed by atoms with Crippen LogP contribution >= 0.6 is 0 Å². The normalized spacial score (nSPS) is 10.9. The van der Waals surface area contributed by atoms with Gasteiger partial charge in [-0.05, 0) is 35.9 Å². The van der Waals surface area contributed by atoms with Crippen molar-refractivity contribution in [3.05, 3.63) is 97.1 Å². The number of para-hydroxylation sites is 2. The SMILES string of the molecule is COc1ccc(-c2nccnc2Oc2ccc([C]c3nc4ccccc4[nH]3)cc2)cn1. The second-order valence-corrected chi connectivity index (χ2v) is 6.65. The quantitative estimate of drug-likeness (QED) is 0.439. The van der Waals surface area contributed by atoms with Gasteiger partial charge in [0.2, 0.25) is 11.8 Å². The molecule has 0 amide bonds. The van der Waals surface area contributed by atoms with Gasteiger partial charge in [-0.2, -0.15) is 0 Å². The second kappa shape index (κ2) is 8.23. The van der Waals surface area contributed by atoms with E-state index in [-0.39, 0.29) is 0 Å². The molecule has 0 unspecified atom stereocenters. The highest BCUT2D eigenvalue weighted by Gasteiger charge is 2.12. The number of aromatic nitrogens is 5. The Morgan fingerprint density at radius 2 is 1.71 bits per heavy atom. The van der Waals surface area contributed by atoms with Crippen LogP contribution in [-0.2, 0) is 0 Å². The summed E-state index contributed by atoms with van der Waals surface area (Å²) in [4.78, 5) is 20.7. The number of imidazole rings is 1. The van der Waals surface area contributed by atoms with Crippen molar-refractivity contribution in [3.63, 3.8) is 0 Å². The minimum atomic E-state index is 0.396. The van der Waals surface area contributed by atoms with Gasteiger partial charge in [-0.3, -0.25) is 0 Å². The second-order valence-electron chi connectivity index (χ2n) is 6.65. The van der Waals surface area contributed by atoms with Crippen molar-refractivity contribution in [2.45, 2.75) is 0 Å². The van der Waals surface area contributed by atoms with Crippen molar-refractivity contribution in [1.29, 1.82) is 0 Å². The van der Waals surface area contributed by atoms with Crippen LogP contribution in [0.5, 0.6) is 17.5 Å². The van der Waals surface area contributed by atoms with Crippen molar-refractivity contribution >= 4 is 11.0 Å². The Hall–Kier alpha value is -4.26. The Morgan fingerprint density at radius 1 is 0.871 bits per heavy atom. The van der Waals surface area contributed by atoms with Crippen molar-refractivity contribution < 1.29 is 9.47 Å². The number of nitrogens with one attached hydrogen (secondary N) is 1. The Kier molecular flexibility index (Phi) is 4.98. The van der Waals surface area contributed by atoms with Crippen LogP contribution in [0.3, 0.4) is 0 Å². The number of H-pyrrole nitrogens is 1. The third-order valence-corrected chi connectivity index (χ3v) is 4.60. The number of methoxy groups -OCH3 is 1. The molecule has 5 rings (SSSR count). The van der Waals surface area contributed by atoms with E-state index in [4.69, 9.17) is 9.47 Å². The number of hydrogen-bond donors (Lipinski definition) is 1. The van der Waals surface area contributed by atoms with Gasteiger partial charge in [-0.15, -0.1) is 0 Å². The first kappa shape index (κ1) is 18.7. The number of fused-ring (bicyclic) bond motifs is 1. The van der Waals surface area contributed by atoms with Crippen LogP contribution in [-0.4, -0.2) is 32.0 Å². The number of hydrogen-bond acceptors (Lipinski definition) is 6. The highest BCUT2D eigenvalue weighted by atomic mass is 16.5. The predicted octanol–water partition coefficient (Wildman–Crippen LogP) is 4.69. The van der Waals surface area contributed by atoms with E-state index >= 15 is 0 Å². The molecule has 7 heteroatoms. The van der Waals surface area contributed by atoms with E-state index in [0.29, 0.717) is 29.0 Å². The first-order valence-corrected chi connectivity index (χ1v) is 9.59. The van der Waals surface area contributed by atoms with E-state index in [1.54, 1.807) is 31.8 Å². The molecular formula is C24H17N5O2. The van der Waals surface area contributed by atoms with Crippen LogP contribution in [0.25, 0.3) is 22.3 Å². The average molecular weight is 407 g/mol. The molecule has 0 aliphatic carbocycles. The zero-order valence-electron chi connectivity index (χ0n) is 16.6. The summed E-state index contributed by atoms with van der Waals surface area (Å²) in [6, 6.07) is 19.1. The Morgan fingerprint density at radius 3 is 2.48 bits per heavy atom. The standard InChI is InChI=1S/C24H17N5O2/c1-30-22-11-8-17(15-27-22)23-24(26-13-12-25-23)31-18-9-6-16(7-10-18)14-21-28-19-4-2-3-5-20(19)29-21/h2-13,15H,1H3,(H,28,29). The van der Waals surface area contributed by atoms with Crippen LogP contribution in [0.1, 0.15) is 11.4 Å². The summed E-state index contributed by atoms with van der Waals surface area (Å²) in [5.74, 6) is 2.24. The zero-order chi connectivity index (χ0) is 21.0. The number of nitrogens with zero attached hydrogens (tertiary/aromatic N) is 4. The molecule has 0 fully saturated rings. The third kappa shape index (κ3) is 4.06. The minimum Gasteiger partial charge on any atom is -0.481 e. The van der Waals surface area contributed by atoms with Crippen molar-refractivity contribution in [2.75, 3.05) is 7.11 Å². The largest absolute Gasteiger partial charge is 0.481 e. The van der Waals surface area contributed by atoms with E-state index in [0.717, 1.165) is 22.2 Å². The summed E-state index contributed by atoms with van der Waals surface area (Å²) in [5.41, 5.74) is 4.15. The third-order valence-electron chi connectivity index (χ3n) is 4.60. The lowest BCUT2D eigenvalue weighted by molar-refractivity contribution is 0.398. The molecule has 3 heterocycles. The molecule has 2 radical (unpaired) electrons. The summed E-state index contributed by atoms with van der Waals surface area (Å²) in [6.07, 6.45) is 8.15. The molecule has 0 aliphatic heterocycles. The molecule has 5 aromatic rings. The van der Waals surface area contributed by atoms with Gasteiger partial charge in [0.1, 0.15) is 17.3 Å². The fourth-order valence-corrected chi connectivity index (χ4v) is 3.11. The van der Waals surface area contributed by atoms with Crippen LogP contribution in [0.2, 0.25) is 0 Å². The lowest BCUT2D eigenvalue weighted by Crippen LogP contribution is -1.95. The molecule has 150 valence electrons. The van der Waals surface area contributed by atoms with Gasteiger partial charge < -0.3 is 14.5 Å². The van der Waals surface area contributed by atoms with Gasteiger partial charge in [0.25, 0.3) is 0 Å². The van der Waals surface area contributed by atoms with Crippen LogP contribution < -0.4 is 9.47 Å². The number of benzene rings is 2. The lowest BCUT2D eigenvalue weighted by atomic mass is 10.1. The molecule has 0 spiro atoms. The molecule has 3 aromatic heterocycles. The van der Waals surface area contributed by atoms with E-state index < -0.39 is 0 Å². The maximum Gasteiger partial charge on any atom is 0.246 e. The summed E-state index contributed by atoms with van der Waals surface area (Å²) < 4.78 is 11.1. The van der Waals surface area contributed by atoms with E-state index in [1.807, 2.05) is 54.6 Å². The predicted molar refractivity (Wildman–Crippen MR) is 116 cm³/mol. The highest BCUT2D eigenvalue weighted by molar-refractivity contribution is 5.75. The summed E-state index contributed by atoms with van der Waals surface area (Å²) in [7, 11) is 1.58. The fraction of sp³-hybridized carbons (Fsp3) is 0.0417. The molecular weight excluding hydrogens is 390 g/mol. The van der Waals surface area contributed by atoms with Gasteiger partial charge in [-0.1, -0.05) is 24.3 Å². The fourth-order valence-electron chi connectivity index (χ4n) is 3.11. The van der Waals surface area contributed by atoms with Gasteiger partial charge in [0, 0.05) is 30.2 Å². The minimum absolute atomic E-state index is 0.396. The van der Waals surface area contributed by atoms with Gasteiger partial charge >= 0.3 is 0 Å². The monoisotopic (exact) mass is 407 g/mol. The van der Waals surface area contributed by atoms with Crippen molar-refractivity contribution in [2.24, 2.45) is 0 Å². The van der Waals surface area contributed by atoms with E-state index in [1.165, 1.54) is 0 Å². The van der Waals surface area contributed by atoms with Gasteiger partial charge in [0.05, 0.1) is 24.6 Å². The lowest BCUT2D eigenvalue weighted by Gasteiger charge is -2.09. The topological polar surface area (TPSA) is 85.8 Å². The number of pyridine rings is 1. The van der Waals surface area contributed by atoms with E-state index in [2.05, 4.69) is 31.3 Å². The van der Waals surface area contributed by atoms with Crippen molar-refractivity contribution in [3.8, 4) is 28.8 Å². The Bertz CT molecular complexity index is 1280.